The highest BCUT2D eigenvalue weighted by molar-refractivity contribution is 6.32. The van der Waals surface area contributed by atoms with E-state index in [1.165, 1.54) is 30.3 Å². The van der Waals surface area contributed by atoms with Crippen molar-refractivity contribution >= 4 is 34.8 Å². The highest BCUT2D eigenvalue weighted by Crippen LogP contribution is 2.24. The number of allylic oxidation sites excluding steroid dienone is 1. The lowest BCUT2D eigenvalue weighted by atomic mass is 10.1. The van der Waals surface area contributed by atoms with Crippen LogP contribution in [0, 0.1) is 10.1 Å². The molecule has 118 valence electrons. The number of ketones is 1. The summed E-state index contributed by atoms with van der Waals surface area (Å²) in [5, 5.41) is 11.1. The molecular formula is C17H15ClN2O3. The molecular weight excluding hydrogens is 316 g/mol. The van der Waals surface area contributed by atoms with Gasteiger partial charge in [0.1, 0.15) is 0 Å². The minimum Gasteiger partial charge on any atom is -0.378 e. The summed E-state index contributed by atoms with van der Waals surface area (Å²) in [7, 11) is 3.83. The van der Waals surface area contributed by atoms with Crippen LogP contribution in [0.5, 0.6) is 0 Å². The summed E-state index contributed by atoms with van der Waals surface area (Å²) in [6.45, 7) is 0. The van der Waals surface area contributed by atoms with Gasteiger partial charge in [-0.05, 0) is 42.0 Å². The van der Waals surface area contributed by atoms with Crippen molar-refractivity contribution in [1.29, 1.82) is 0 Å². The maximum absolute atomic E-state index is 12.1. The first kappa shape index (κ1) is 16.7. The van der Waals surface area contributed by atoms with E-state index in [0.29, 0.717) is 10.6 Å². The first-order valence-electron chi connectivity index (χ1n) is 6.82. The highest BCUT2D eigenvalue weighted by Gasteiger charge is 2.07. The second-order valence-corrected chi connectivity index (χ2v) is 5.51. The highest BCUT2D eigenvalue weighted by atomic mass is 35.5. The predicted octanol–water partition coefficient (Wildman–Crippen LogP) is 4.21. The van der Waals surface area contributed by atoms with E-state index in [1.54, 1.807) is 6.08 Å². The molecule has 0 aromatic heterocycles. The van der Waals surface area contributed by atoms with Crippen LogP contribution in [0.15, 0.2) is 48.5 Å². The van der Waals surface area contributed by atoms with Crippen LogP contribution in [0.4, 0.5) is 11.4 Å². The lowest BCUT2D eigenvalue weighted by Gasteiger charge is -2.13. The SMILES string of the molecule is CN(C)c1ccc(/C=C\C(=O)c2ccc([N+](=O)[O-])cc2)c(Cl)c1. The van der Waals surface area contributed by atoms with Crippen LogP contribution in [0.1, 0.15) is 15.9 Å². The number of non-ortho nitro benzene ring substituents is 1. The number of hydrogen-bond donors (Lipinski definition) is 0. The Labute approximate surface area is 139 Å². The van der Waals surface area contributed by atoms with Crippen LogP contribution in [0.3, 0.4) is 0 Å². The summed E-state index contributed by atoms with van der Waals surface area (Å²) in [4.78, 5) is 24.1. The van der Waals surface area contributed by atoms with Gasteiger partial charge in [-0.25, -0.2) is 0 Å². The molecule has 0 radical (unpaired) electrons. The smallest absolute Gasteiger partial charge is 0.269 e. The van der Waals surface area contributed by atoms with Gasteiger partial charge in [0, 0.05) is 42.5 Å². The summed E-state index contributed by atoms with van der Waals surface area (Å²) in [5.74, 6) is -0.243. The number of benzene rings is 2. The van der Waals surface area contributed by atoms with E-state index >= 15 is 0 Å². The second-order valence-electron chi connectivity index (χ2n) is 5.10. The van der Waals surface area contributed by atoms with Gasteiger partial charge in [0.2, 0.25) is 0 Å². The Kier molecular flexibility index (Phi) is 5.13. The molecule has 0 saturated heterocycles. The van der Waals surface area contributed by atoms with E-state index in [1.807, 2.05) is 37.2 Å². The molecule has 0 spiro atoms. The number of carbonyl (C=O) groups excluding carboxylic acids is 1. The third kappa shape index (κ3) is 4.17. The van der Waals surface area contributed by atoms with Crippen molar-refractivity contribution in [2.75, 3.05) is 19.0 Å². The first-order valence-corrected chi connectivity index (χ1v) is 7.20. The summed E-state index contributed by atoms with van der Waals surface area (Å²) in [5.41, 5.74) is 2.03. The Morgan fingerprint density at radius 1 is 1.17 bits per heavy atom. The zero-order chi connectivity index (χ0) is 17.0. The van der Waals surface area contributed by atoms with Crippen molar-refractivity contribution in [2.45, 2.75) is 0 Å². The topological polar surface area (TPSA) is 63.5 Å². The van der Waals surface area contributed by atoms with Crippen LogP contribution in [-0.4, -0.2) is 24.8 Å². The van der Waals surface area contributed by atoms with Crippen LogP contribution >= 0.6 is 11.6 Å². The Morgan fingerprint density at radius 2 is 1.83 bits per heavy atom. The van der Waals surface area contributed by atoms with Crippen molar-refractivity contribution in [3.63, 3.8) is 0 Å². The number of anilines is 1. The molecule has 6 heteroatoms. The molecule has 0 aliphatic heterocycles. The Morgan fingerprint density at radius 3 is 2.35 bits per heavy atom. The molecule has 0 N–H and O–H groups in total. The number of halogens is 1. The summed E-state index contributed by atoms with van der Waals surface area (Å²) in [6, 6.07) is 11.0. The van der Waals surface area contributed by atoms with Crippen LogP contribution in [0.2, 0.25) is 5.02 Å². The fourth-order valence-electron chi connectivity index (χ4n) is 1.94. The molecule has 0 fully saturated rings. The maximum atomic E-state index is 12.1. The summed E-state index contributed by atoms with van der Waals surface area (Å²) >= 11 is 6.19. The predicted molar refractivity (Wildman–Crippen MR) is 92.2 cm³/mol. The van der Waals surface area contributed by atoms with E-state index in [4.69, 9.17) is 11.6 Å². The van der Waals surface area contributed by atoms with Crippen LogP contribution < -0.4 is 4.90 Å². The normalized spacial score (nSPS) is 10.7. The standard InChI is InChI=1S/C17H15ClN2O3/c1-19(2)15-9-3-12(16(18)11-15)6-10-17(21)13-4-7-14(8-5-13)20(22)23/h3-11H,1-2H3/b10-6-. The molecule has 5 nitrogen and oxygen atoms in total. The van der Waals surface area contributed by atoms with Gasteiger partial charge in [-0.15, -0.1) is 0 Å². The molecule has 2 rings (SSSR count). The largest absolute Gasteiger partial charge is 0.378 e. The zero-order valence-electron chi connectivity index (χ0n) is 12.7. The van der Waals surface area contributed by atoms with Gasteiger partial charge in [-0.2, -0.15) is 0 Å². The molecule has 0 heterocycles. The molecule has 0 amide bonds. The molecule has 0 unspecified atom stereocenters. The first-order chi connectivity index (χ1) is 10.9. The summed E-state index contributed by atoms with van der Waals surface area (Å²) in [6.07, 6.45) is 3.03. The molecule has 2 aromatic rings. The third-order valence-electron chi connectivity index (χ3n) is 3.28. The monoisotopic (exact) mass is 330 g/mol. The minimum atomic E-state index is -0.504. The Hall–Kier alpha value is -2.66. The van der Waals surface area contributed by atoms with Crippen LogP contribution in [-0.2, 0) is 0 Å². The van der Waals surface area contributed by atoms with E-state index < -0.39 is 4.92 Å². The molecule has 0 bridgehead atoms. The lowest BCUT2D eigenvalue weighted by molar-refractivity contribution is -0.384. The van der Waals surface area contributed by atoms with Crippen molar-refractivity contribution in [1.82, 2.24) is 0 Å². The minimum absolute atomic E-state index is 0.0483. The average Bonchev–Trinajstić information content (AvgIpc) is 2.53. The van der Waals surface area contributed by atoms with Gasteiger partial charge in [0.15, 0.2) is 5.78 Å². The maximum Gasteiger partial charge on any atom is 0.269 e. The third-order valence-corrected chi connectivity index (χ3v) is 3.60. The molecule has 2 aromatic carbocycles. The Bertz CT molecular complexity index is 768. The zero-order valence-corrected chi connectivity index (χ0v) is 13.4. The molecule has 23 heavy (non-hydrogen) atoms. The van der Waals surface area contributed by atoms with Gasteiger partial charge in [0.05, 0.1) is 4.92 Å². The van der Waals surface area contributed by atoms with E-state index in [2.05, 4.69) is 0 Å². The molecule has 0 atom stereocenters. The number of rotatable bonds is 5. The number of nitro groups is 1. The fraction of sp³-hybridized carbons (Fsp3) is 0.118. The molecule has 0 saturated carbocycles. The quantitative estimate of drug-likeness (QED) is 0.356. The van der Waals surface area contributed by atoms with Crippen molar-refractivity contribution in [3.8, 4) is 0 Å². The number of nitro benzene ring substituents is 1. The van der Waals surface area contributed by atoms with E-state index in [-0.39, 0.29) is 11.5 Å². The molecule has 0 aliphatic carbocycles. The number of carbonyl (C=O) groups is 1. The van der Waals surface area contributed by atoms with Gasteiger partial charge in [0.25, 0.3) is 5.69 Å². The number of hydrogen-bond acceptors (Lipinski definition) is 4. The van der Waals surface area contributed by atoms with Crippen molar-refractivity contribution in [2.24, 2.45) is 0 Å². The number of nitrogens with zero attached hydrogens (tertiary/aromatic N) is 2. The van der Waals surface area contributed by atoms with Crippen molar-refractivity contribution in [3.05, 3.63) is 74.8 Å². The van der Waals surface area contributed by atoms with E-state index in [0.717, 1.165) is 11.3 Å². The van der Waals surface area contributed by atoms with Gasteiger partial charge in [-0.3, -0.25) is 14.9 Å². The van der Waals surface area contributed by atoms with Crippen molar-refractivity contribution < 1.29 is 9.72 Å². The Balaban J connectivity index is 2.16. The summed E-state index contributed by atoms with van der Waals surface area (Å²) < 4.78 is 0. The average molecular weight is 331 g/mol. The van der Waals surface area contributed by atoms with Crippen LogP contribution in [0.25, 0.3) is 6.08 Å². The van der Waals surface area contributed by atoms with Gasteiger partial charge < -0.3 is 4.90 Å². The fourth-order valence-corrected chi connectivity index (χ4v) is 2.18. The molecule has 0 aliphatic rings. The lowest BCUT2D eigenvalue weighted by Crippen LogP contribution is -2.08. The second kappa shape index (κ2) is 7.07. The van der Waals surface area contributed by atoms with E-state index in [9.17, 15) is 14.9 Å². The van der Waals surface area contributed by atoms with Gasteiger partial charge >= 0.3 is 0 Å². The van der Waals surface area contributed by atoms with Gasteiger partial charge in [-0.1, -0.05) is 17.7 Å².